The number of methoxy groups -OCH3 is 2. The molecule has 2 nitrogen and oxygen atoms in total. The van der Waals surface area contributed by atoms with Crippen LogP contribution in [0.4, 0.5) is 0 Å². The Morgan fingerprint density at radius 2 is 1.94 bits per heavy atom. The van der Waals surface area contributed by atoms with E-state index in [1.165, 1.54) is 17.6 Å². The minimum atomic E-state index is 0.646. The summed E-state index contributed by atoms with van der Waals surface area (Å²) in [6.45, 7) is 0. The van der Waals surface area contributed by atoms with Crippen LogP contribution in [0.1, 0.15) is 30.7 Å². The van der Waals surface area contributed by atoms with E-state index in [-0.39, 0.29) is 0 Å². The van der Waals surface area contributed by atoms with Gasteiger partial charge in [0.15, 0.2) is 0 Å². The van der Waals surface area contributed by atoms with Crippen molar-refractivity contribution >= 4 is 0 Å². The van der Waals surface area contributed by atoms with Gasteiger partial charge in [-0.15, -0.1) is 0 Å². The average Bonchev–Trinajstić information content (AvgIpc) is 2.78. The molecule has 1 aliphatic rings. The highest BCUT2D eigenvalue weighted by Gasteiger charge is 2.21. The Morgan fingerprint density at radius 1 is 1.19 bits per heavy atom. The molecule has 16 heavy (non-hydrogen) atoms. The summed E-state index contributed by atoms with van der Waals surface area (Å²) in [6, 6.07) is 8.40. The van der Waals surface area contributed by atoms with E-state index in [0.717, 1.165) is 18.6 Å². The van der Waals surface area contributed by atoms with Crippen molar-refractivity contribution in [1.29, 1.82) is 0 Å². The molecule has 0 aliphatic heterocycles. The molecule has 2 heteroatoms. The summed E-state index contributed by atoms with van der Waals surface area (Å²) in [5.41, 5.74) is 2.82. The van der Waals surface area contributed by atoms with Crippen molar-refractivity contribution in [2.75, 3.05) is 14.2 Å². The molecule has 0 heterocycles. The minimum absolute atomic E-state index is 0.646. The Bertz CT molecular complexity index is 365. The predicted octanol–water partition coefficient (Wildman–Crippen LogP) is 3.49. The van der Waals surface area contributed by atoms with E-state index in [1.54, 1.807) is 14.2 Å². The van der Waals surface area contributed by atoms with E-state index in [2.05, 4.69) is 12.1 Å². The van der Waals surface area contributed by atoms with Crippen LogP contribution in [-0.4, -0.2) is 14.2 Å². The zero-order chi connectivity index (χ0) is 11.4. The molecule has 1 atom stereocenters. The Kier molecular flexibility index (Phi) is 3.50. The van der Waals surface area contributed by atoms with Gasteiger partial charge >= 0.3 is 0 Å². The number of rotatable bonds is 3. The first-order valence-electron chi connectivity index (χ1n) is 5.68. The second-order valence-electron chi connectivity index (χ2n) is 4.22. The largest absolute Gasteiger partial charge is 0.504 e. The summed E-state index contributed by atoms with van der Waals surface area (Å²) in [5.74, 6) is 1.57. The van der Waals surface area contributed by atoms with Crippen molar-refractivity contribution in [2.45, 2.75) is 25.2 Å². The van der Waals surface area contributed by atoms with Crippen molar-refractivity contribution < 1.29 is 9.47 Å². The van der Waals surface area contributed by atoms with Gasteiger partial charge in [0.25, 0.3) is 0 Å². The van der Waals surface area contributed by atoms with E-state index in [1.807, 2.05) is 18.4 Å². The lowest BCUT2D eigenvalue weighted by molar-refractivity contribution is 0.332. The molecule has 1 aromatic rings. The molecule has 0 N–H and O–H groups in total. The van der Waals surface area contributed by atoms with Gasteiger partial charge in [0, 0.05) is 0 Å². The second-order valence-corrected chi connectivity index (χ2v) is 4.22. The van der Waals surface area contributed by atoms with Crippen molar-refractivity contribution in [3.63, 3.8) is 0 Å². The quantitative estimate of drug-likeness (QED) is 0.723. The van der Waals surface area contributed by atoms with E-state index >= 15 is 0 Å². The van der Waals surface area contributed by atoms with Crippen LogP contribution in [0.2, 0.25) is 0 Å². The van der Waals surface area contributed by atoms with Crippen LogP contribution >= 0.6 is 0 Å². The topological polar surface area (TPSA) is 18.5 Å². The zero-order valence-corrected chi connectivity index (χ0v) is 9.90. The minimum Gasteiger partial charge on any atom is -0.504 e. The fourth-order valence-electron chi connectivity index (χ4n) is 2.31. The van der Waals surface area contributed by atoms with Crippen LogP contribution in [0.5, 0.6) is 5.75 Å². The highest BCUT2D eigenvalue weighted by Crippen LogP contribution is 2.38. The van der Waals surface area contributed by atoms with Gasteiger partial charge < -0.3 is 9.47 Å². The van der Waals surface area contributed by atoms with E-state index < -0.39 is 0 Å². The van der Waals surface area contributed by atoms with Gasteiger partial charge in [-0.25, -0.2) is 0 Å². The number of allylic oxidation sites excluding steroid dienone is 1. The first-order valence-corrected chi connectivity index (χ1v) is 5.68. The maximum Gasteiger partial charge on any atom is 0.118 e. The van der Waals surface area contributed by atoms with Gasteiger partial charge in [-0.05, 0) is 48.4 Å². The lowest BCUT2D eigenvalue weighted by Crippen LogP contribution is -1.92. The summed E-state index contributed by atoms with van der Waals surface area (Å²) < 4.78 is 10.2. The summed E-state index contributed by atoms with van der Waals surface area (Å²) in [5, 5.41) is 0. The normalized spacial score (nSPS) is 22.4. The lowest BCUT2D eigenvalue weighted by Gasteiger charge is -2.09. The Labute approximate surface area is 96.9 Å². The summed E-state index contributed by atoms with van der Waals surface area (Å²) in [6.07, 6.45) is 5.40. The van der Waals surface area contributed by atoms with Crippen LogP contribution in [0.3, 0.4) is 0 Å². The maximum atomic E-state index is 5.16. The van der Waals surface area contributed by atoms with Gasteiger partial charge in [-0.2, -0.15) is 0 Å². The van der Waals surface area contributed by atoms with E-state index in [0.29, 0.717) is 5.92 Å². The standard InChI is InChI=1S/C14H18O2/c1-15-10-11-3-4-13(9-11)12-5-7-14(16-2)8-6-12/h5-8,10,13H,3-4,9H2,1-2H3/b11-10+/t13-/m0/s1. The van der Waals surface area contributed by atoms with Gasteiger partial charge in [0.2, 0.25) is 0 Å². The molecule has 0 saturated heterocycles. The van der Waals surface area contributed by atoms with Gasteiger partial charge in [0.1, 0.15) is 5.75 Å². The van der Waals surface area contributed by atoms with Crippen LogP contribution < -0.4 is 4.74 Å². The van der Waals surface area contributed by atoms with E-state index in [9.17, 15) is 0 Å². The first-order chi connectivity index (χ1) is 7.83. The van der Waals surface area contributed by atoms with Crippen molar-refractivity contribution in [3.8, 4) is 5.75 Å². The molecule has 0 spiro atoms. The fraction of sp³-hybridized carbons (Fsp3) is 0.429. The summed E-state index contributed by atoms with van der Waals surface area (Å²) in [4.78, 5) is 0. The fourth-order valence-corrected chi connectivity index (χ4v) is 2.31. The molecule has 1 fully saturated rings. The SMILES string of the molecule is CO/C=C1\CC[C@H](c2ccc(OC)cc2)C1. The molecule has 1 aliphatic carbocycles. The zero-order valence-electron chi connectivity index (χ0n) is 9.90. The van der Waals surface area contributed by atoms with Crippen LogP contribution in [0, 0.1) is 0 Å². The molecule has 0 bridgehead atoms. The van der Waals surface area contributed by atoms with Gasteiger partial charge in [-0.3, -0.25) is 0 Å². The van der Waals surface area contributed by atoms with E-state index in [4.69, 9.17) is 9.47 Å². The summed E-state index contributed by atoms with van der Waals surface area (Å²) >= 11 is 0. The molecular formula is C14H18O2. The first kappa shape index (κ1) is 11.1. The Morgan fingerprint density at radius 3 is 2.56 bits per heavy atom. The molecular weight excluding hydrogens is 200 g/mol. The number of hydrogen-bond donors (Lipinski definition) is 0. The molecule has 0 unspecified atom stereocenters. The van der Waals surface area contributed by atoms with Crippen LogP contribution in [0.25, 0.3) is 0 Å². The molecule has 86 valence electrons. The monoisotopic (exact) mass is 218 g/mol. The van der Waals surface area contributed by atoms with Crippen LogP contribution in [-0.2, 0) is 4.74 Å². The predicted molar refractivity (Wildman–Crippen MR) is 64.7 cm³/mol. The Balaban J connectivity index is 2.05. The third kappa shape index (κ3) is 2.38. The van der Waals surface area contributed by atoms with Crippen molar-refractivity contribution in [3.05, 3.63) is 41.7 Å². The van der Waals surface area contributed by atoms with Gasteiger partial charge in [-0.1, -0.05) is 12.1 Å². The molecule has 0 amide bonds. The molecule has 0 radical (unpaired) electrons. The number of benzene rings is 1. The lowest BCUT2D eigenvalue weighted by atomic mass is 9.97. The molecule has 1 aromatic carbocycles. The molecule has 1 saturated carbocycles. The Hall–Kier alpha value is -1.44. The third-order valence-electron chi connectivity index (χ3n) is 3.19. The summed E-state index contributed by atoms with van der Waals surface area (Å²) in [7, 11) is 3.41. The third-order valence-corrected chi connectivity index (χ3v) is 3.19. The smallest absolute Gasteiger partial charge is 0.118 e. The number of ether oxygens (including phenoxy) is 2. The van der Waals surface area contributed by atoms with Gasteiger partial charge in [0.05, 0.1) is 20.5 Å². The van der Waals surface area contributed by atoms with Crippen molar-refractivity contribution in [1.82, 2.24) is 0 Å². The maximum absolute atomic E-state index is 5.16. The second kappa shape index (κ2) is 5.06. The van der Waals surface area contributed by atoms with Crippen molar-refractivity contribution in [2.24, 2.45) is 0 Å². The highest BCUT2D eigenvalue weighted by molar-refractivity contribution is 5.31. The molecule has 0 aromatic heterocycles. The number of hydrogen-bond acceptors (Lipinski definition) is 2. The molecule has 2 rings (SSSR count). The van der Waals surface area contributed by atoms with Crippen LogP contribution in [0.15, 0.2) is 36.1 Å². The highest BCUT2D eigenvalue weighted by atomic mass is 16.5. The average molecular weight is 218 g/mol.